The van der Waals surface area contributed by atoms with Gasteiger partial charge in [0.2, 0.25) is 0 Å². The molecule has 0 bridgehead atoms. The van der Waals surface area contributed by atoms with Gasteiger partial charge in [0.15, 0.2) is 0 Å². The SMILES string of the molecule is O=C1Nc2cc(Cl)c(F)cc2C2(CCNCC2)O1. The molecule has 2 N–H and O–H groups in total. The number of carbonyl (C=O) groups is 1. The molecule has 0 atom stereocenters. The summed E-state index contributed by atoms with van der Waals surface area (Å²) in [5, 5.41) is 5.76. The Morgan fingerprint density at radius 2 is 2.06 bits per heavy atom. The second-order valence-corrected chi connectivity index (χ2v) is 4.98. The van der Waals surface area contributed by atoms with E-state index in [2.05, 4.69) is 10.6 Å². The first-order chi connectivity index (χ1) is 8.61. The molecule has 1 saturated heterocycles. The Bertz CT molecular complexity index is 515. The fraction of sp³-hybridized carbons (Fsp3) is 0.417. The van der Waals surface area contributed by atoms with E-state index in [1.54, 1.807) is 0 Å². The quantitative estimate of drug-likeness (QED) is 0.762. The van der Waals surface area contributed by atoms with Crippen molar-refractivity contribution < 1.29 is 13.9 Å². The number of hydrogen-bond donors (Lipinski definition) is 2. The minimum atomic E-state index is -0.728. The average Bonchev–Trinajstić information content (AvgIpc) is 2.33. The van der Waals surface area contributed by atoms with Gasteiger partial charge in [-0.2, -0.15) is 0 Å². The normalized spacial score (nSPS) is 21.1. The Labute approximate surface area is 108 Å². The highest BCUT2D eigenvalue weighted by molar-refractivity contribution is 6.31. The van der Waals surface area contributed by atoms with Crippen molar-refractivity contribution in [2.75, 3.05) is 18.4 Å². The van der Waals surface area contributed by atoms with Gasteiger partial charge in [-0.05, 0) is 25.2 Å². The maximum absolute atomic E-state index is 13.6. The van der Waals surface area contributed by atoms with Crippen LogP contribution in [0.15, 0.2) is 12.1 Å². The predicted molar refractivity (Wildman–Crippen MR) is 65.3 cm³/mol. The molecule has 18 heavy (non-hydrogen) atoms. The minimum absolute atomic E-state index is 0.0000319. The molecule has 6 heteroatoms. The largest absolute Gasteiger partial charge is 0.438 e. The lowest BCUT2D eigenvalue weighted by molar-refractivity contribution is -0.0128. The van der Waals surface area contributed by atoms with E-state index in [0.717, 1.165) is 13.1 Å². The number of fused-ring (bicyclic) bond motifs is 2. The van der Waals surface area contributed by atoms with E-state index >= 15 is 0 Å². The summed E-state index contributed by atoms with van der Waals surface area (Å²) in [6, 6.07) is 2.80. The zero-order valence-corrected chi connectivity index (χ0v) is 10.3. The molecule has 1 aromatic rings. The summed E-state index contributed by atoms with van der Waals surface area (Å²) in [6.07, 6.45) is 0.760. The van der Waals surface area contributed by atoms with Gasteiger partial charge in [-0.3, -0.25) is 5.32 Å². The van der Waals surface area contributed by atoms with Crippen LogP contribution in [0.5, 0.6) is 0 Å². The van der Waals surface area contributed by atoms with Crippen molar-refractivity contribution >= 4 is 23.4 Å². The molecule has 0 radical (unpaired) electrons. The van der Waals surface area contributed by atoms with E-state index in [4.69, 9.17) is 16.3 Å². The molecule has 1 fully saturated rings. The van der Waals surface area contributed by atoms with Crippen LogP contribution in [-0.4, -0.2) is 19.2 Å². The molecule has 0 aromatic heterocycles. The number of rotatable bonds is 0. The smallest absolute Gasteiger partial charge is 0.412 e. The van der Waals surface area contributed by atoms with E-state index in [9.17, 15) is 9.18 Å². The van der Waals surface area contributed by atoms with Gasteiger partial charge in [0.05, 0.1) is 10.7 Å². The van der Waals surface area contributed by atoms with Crippen molar-refractivity contribution in [2.24, 2.45) is 0 Å². The lowest BCUT2D eigenvalue weighted by Gasteiger charge is -2.41. The monoisotopic (exact) mass is 270 g/mol. The van der Waals surface area contributed by atoms with Crippen molar-refractivity contribution in [3.63, 3.8) is 0 Å². The van der Waals surface area contributed by atoms with Gasteiger partial charge in [-0.25, -0.2) is 9.18 Å². The molecule has 4 nitrogen and oxygen atoms in total. The second kappa shape index (κ2) is 4.10. The Balaban J connectivity index is 2.14. The summed E-state index contributed by atoms with van der Waals surface area (Å²) in [5.41, 5.74) is 0.485. The number of hydrogen-bond acceptors (Lipinski definition) is 3. The van der Waals surface area contributed by atoms with Gasteiger partial charge in [0.1, 0.15) is 11.4 Å². The first kappa shape index (κ1) is 11.7. The van der Waals surface area contributed by atoms with E-state index in [1.165, 1.54) is 12.1 Å². The van der Waals surface area contributed by atoms with Crippen molar-refractivity contribution in [2.45, 2.75) is 18.4 Å². The first-order valence-electron chi connectivity index (χ1n) is 5.81. The van der Waals surface area contributed by atoms with E-state index in [0.29, 0.717) is 24.1 Å². The van der Waals surface area contributed by atoms with Gasteiger partial charge in [-0.1, -0.05) is 11.6 Å². The minimum Gasteiger partial charge on any atom is -0.438 e. The van der Waals surface area contributed by atoms with Crippen molar-refractivity contribution in [3.05, 3.63) is 28.5 Å². The molecule has 0 aliphatic carbocycles. The molecule has 3 rings (SSSR count). The number of carbonyl (C=O) groups excluding carboxylic acids is 1. The first-order valence-corrected chi connectivity index (χ1v) is 6.19. The zero-order valence-electron chi connectivity index (χ0n) is 9.56. The van der Waals surface area contributed by atoms with Gasteiger partial charge < -0.3 is 10.1 Å². The van der Waals surface area contributed by atoms with Gasteiger partial charge in [0.25, 0.3) is 0 Å². The molecule has 0 unspecified atom stereocenters. The summed E-state index contributed by atoms with van der Waals surface area (Å²) in [4.78, 5) is 11.6. The lowest BCUT2D eigenvalue weighted by Crippen LogP contribution is -2.46. The molecule has 2 heterocycles. The number of amides is 1. The van der Waals surface area contributed by atoms with Crippen LogP contribution in [0.25, 0.3) is 0 Å². The molecular weight excluding hydrogens is 259 g/mol. The molecule has 0 saturated carbocycles. The van der Waals surface area contributed by atoms with Crippen LogP contribution in [-0.2, 0) is 10.3 Å². The Morgan fingerprint density at radius 3 is 2.78 bits per heavy atom. The molecule has 2 aliphatic heterocycles. The predicted octanol–water partition coefficient (Wildman–Crippen LogP) is 2.62. The molecule has 2 aliphatic rings. The standard InChI is InChI=1S/C12H12ClFN2O2/c13-8-6-10-7(5-9(8)14)12(18-11(17)16-10)1-3-15-4-2-12/h5-6,15H,1-4H2,(H,16,17). The van der Waals surface area contributed by atoms with Crippen molar-refractivity contribution in [3.8, 4) is 0 Å². The maximum Gasteiger partial charge on any atom is 0.412 e. The highest BCUT2D eigenvalue weighted by atomic mass is 35.5. The average molecular weight is 271 g/mol. The Kier molecular flexibility index (Phi) is 2.68. The molecule has 1 amide bonds. The third-order valence-corrected chi connectivity index (χ3v) is 3.78. The summed E-state index contributed by atoms with van der Waals surface area (Å²) in [5.74, 6) is -0.493. The third-order valence-electron chi connectivity index (χ3n) is 3.49. The fourth-order valence-electron chi connectivity index (χ4n) is 2.60. The van der Waals surface area contributed by atoms with Crippen LogP contribution in [0.1, 0.15) is 18.4 Å². The van der Waals surface area contributed by atoms with E-state index in [-0.39, 0.29) is 5.02 Å². The van der Waals surface area contributed by atoms with Gasteiger partial charge >= 0.3 is 6.09 Å². The summed E-state index contributed by atoms with van der Waals surface area (Å²) in [6.45, 7) is 1.47. The number of ether oxygens (including phenoxy) is 1. The number of nitrogens with one attached hydrogen (secondary N) is 2. The molecule has 96 valence electrons. The number of halogens is 2. The molecular formula is C12H12ClFN2O2. The van der Waals surface area contributed by atoms with E-state index in [1.807, 2.05) is 0 Å². The van der Waals surface area contributed by atoms with Crippen molar-refractivity contribution in [1.29, 1.82) is 0 Å². The third kappa shape index (κ3) is 1.74. The number of benzene rings is 1. The molecule has 1 aromatic carbocycles. The summed E-state index contributed by atoms with van der Waals surface area (Å²) >= 11 is 5.74. The van der Waals surface area contributed by atoms with Crippen LogP contribution in [0, 0.1) is 5.82 Å². The highest BCUT2D eigenvalue weighted by Gasteiger charge is 2.43. The molecule has 1 spiro atoms. The van der Waals surface area contributed by atoms with Gasteiger partial charge in [0, 0.05) is 18.4 Å². The topological polar surface area (TPSA) is 50.4 Å². The lowest BCUT2D eigenvalue weighted by atomic mass is 9.83. The van der Waals surface area contributed by atoms with Crippen LogP contribution in [0.4, 0.5) is 14.9 Å². The van der Waals surface area contributed by atoms with Crippen LogP contribution >= 0.6 is 11.6 Å². The van der Waals surface area contributed by atoms with Crippen LogP contribution in [0.2, 0.25) is 5.02 Å². The van der Waals surface area contributed by atoms with Gasteiger partial charge in [-0.15, -0.1) is 0 Å². The summed E-state index contributed by atoms with van der Waals surface area (Å²) < 4.78 is 19.1. The van der Waals surface area contributed by atoms with Crippen LogP contribution in [0.3, 0.4) is 0 Å². The number of anilines is 1. The highest BCUT2D eigenvalue weighted by Crippen LogP contribution is 2.43. The zero-order chi connectivity index (χ0) is 12.8. The second-order valence-electron chi connectivity index (χ2n) is 4.57. The Hall–Kier alpha value is -1.33. The van der Waals surface area contributed by atoms with Crippen molar-refractivity contribution in [1.82, 2.24) is 5.32 Å². The number of piperidine rings is 1. The fourth-order valence-corrected chi connectivity index (χ4v) is 2.76. The Morgan fingerprint density at radius 1 is 1.33 bits per heavy atom. The van der Waals surface area contributed by atoms with Crippen LogP contribution < -0.4 is 10.6 Å². The maximum atomic E-state index is 13.6. The van der Waals surface area contributed by atoms with E-state index < -0.39 is 17.5 Å². The summed E-state index contributed by atoms with van der Waals surface area (Å²) in [7, 11) is 0.